The highest BCUT2D eigenvalue weighted by Crippen LogP contribution is 2.31. The van der Waals surface area contributed by atoms with Gasteiger partial charge in [0.05, 0.1) is 0 Å². The second kappa shape index (κ2) is 4.76. The van der Waals surface area contributed by atoms with Crippen LogP contribution in [0, 0.1) is 6.92 Å². The average molecular weight is 273 g/mol. The fourth-order valence-electron chi connectivity index (χ4n) is 1.59. The summed E-state index contributed by atoms with van der Waals surface area (Å²) in [5, 5.41) is 13.2. The van der Waals surface area contributed by atoms with Gasteiger partial charge in [-0.05, 0) is 47.7 Å². The van der Waals surface area contributed by atoms with Crippen molar-refractivity contribution >= 4 is 34.5 Å². The number of aryl methyl sites for hydroxylation is 1. The number of aliphatic hydroxyl groups is 1. The molecule has 84 valence electrons. The zero-order valence-corrected chi connectivity index (χ0v) is 10.9. The van der Waals surface area contributed by atoms with Gasteiger partial charge in [-0.3, -0.25) is 0 Å². The Morgan fingerprint density at radius 2 is 1.81 bits per heavy atom. The van der Waals surface area contributed by atoms with Gasteiger partial charge in [-0.1, -0.05) is 23.2 Å². The van der Waals surface area contributed by atoms with Crippen LogP contribution in [0.4, 0.5) is 0 Å². The fraction of sp³-hybridized carbons (Fsp3) is 0.167. The van der Waals surface area contributed by atoms with Crippen molar-refractivity contribution in [2.75, 3.05) is 0 Å². The molecular formula is C12H10Cl2OS. The molecule has 1 nitrogen and oxygen atoms in total. The lowest BCUT2D eigenvalue weighted by molar-refractivity contribution is 0.220. The monoisotopic (exact) mass is 272 g/mol. The van der Waals surface area contributed by atoms with E-state index in [4.69, 9.17) is 23.2 Å². The summed E-state index contributed by atoms with van der Waals surface area (Å²) in [7, 11) is 0. The first-order valence-corrected chi connectivity index (χ1v) is 6.39. The lowest BCUT2D eigenvalue weighted by Gasteiger charge is -2.11. The third-order valence-corrected chi connectivity index (χ3v) is 3.69. The van der Waals surface area contributed by atoms with E-state index in [9.17, 15) is 5.11 Å². The van der Waals surface area contributed by atoms with Crippen LogP contribution in [-0.4, -0.2) is 5.11 Å². The zero-order chi connectivity index (χ0) is 11.7. The van der Waals surface area contributed by atoms with Crippen molar-refractivity contribution in [3.63, 3.8) is 0 Å². The lowest BCUT2D eigenvalue weighted by Crippen LogP contribution is -1.99. The third-order valence-electron chi connectivity index (χ3n) is 2.39. The average Bonchev–Trinajstić information content (AvgIpc) is 2.62. The first-order chi connectivity index (χ1) is 7.58. The van der Waals surface area contributed by atoms with E-state index in [-0.39, 0.29) is 0 Å². The molecule has 2 aromatic rings. The summed E-state index contributed by atoms with van der Waals surface area (Å²) in [5.74, 6) is 0. The Morgan fingerprint density at radius 1 is 1.19 bits per heavy atom. The molecule has 1 aromatic carbocycles. The molecule has 0 fully saturated rings. The van der Waals surface area contributed by atoms with Crippen molar-refractivity contribution in [3.8, 4) is 0 Å². The highest BCUT2D eigenvalue weighted by Gasteiger charge is 2.14. The minimum atomic E-state index is -0.664. The number of halogens is 2. The van der Waals surface area contributed by atoms with E-state index in [0.717, 1.165) is 16.0 Å². The Balaban J connectivity index is 2.41. The molecule has 0 saturated heterocycles. The number of rotatable bonds is 2. The molecule has 1 atom stereocenters. The molecule has 0 saturated carbocycles. The molecule has 0 spiro atoms. The van der Waals surface area contributed by atoms with Gasteiger partial charge in [0.15, 0.2) is 0 Å². The molecule has 0 aliphatic carbocycles. The molecule has 1 unspecified atom stereocenters. The number of hydrogen-bond acceptors (Lipinski definition) is 2. The fourth-order valence-corrected chi connectivity index (χ4v) is 2.87. The first-order valence-electron chi connectivity index (χ1n) is 4.76. The van der Waals surface area contributed by atoms with Gasteiger partial charge in [0, 0.05) is 14.9 Å². The van der Waals surface area contributed by atoms with Crippen molar-refractivity contribution in [2.45, 2.75) is 13.0 Å². The van der Waals surface area contributed by atoms with Crippen LogP contribution in [0.15, 0.2) is 29.6 Å². The van der Waals surface area contributed by atoms with Gasteiger partial charge in [0.2, 0.25) is 0 Å². The van der Waals surface area contributed by atoms with E-state index in [2.05, 4.69) is 0 Å². The Labute approximate surface area is 108 Å². The predicted molar refractivity (Wildman–Crippen MR) is 69.6 cm³/mol. The van der Waals surface area contributed by atoms with Crippen molar-refractivity contribution in [1.82, 2.24) is 0 Å². The van der Waals surface area contributed by atoms with Crippen LogP contribution in [-0.2, 0) is 0 Å². The first kappa shape index (κ1) is 11.9. The van der Waals surface area contributed by atoms with Crippen molar-refractivity contribution < 1.29 is 5.11 Å². The summed E-state index contributed by atoms with van der Waals surface area (Å²) in [6.07, 6.45) is -0.664. The van der Waals surface area contributed by atoms with Crippen LogP contribution in [0.25, 0.3) is 0 Å². The van der Waals surface area contributed by atoms with Gasteiger partial charge < -0.3 is 5.11 Å². The number of benzene rings is 1. The summed E-state index contributed by atoms with van der Waals surface area (Å²) < 4.78 is 0. The smallest absolute Gasteiger partial charge is 0.105 e. The van der Waals surface area contributed by atoms with Crippen LogP contribution < -0.4 is 0 Å². The van der Waals surface area contributed by atoms with E-state index in [0.29, 0.717) is 10.0 Å². The largest absolute Gasteiger partial charge is 0.384 e. The quantitative estimate of drug-likeness (QED) is 0.857. The SMILES string of the molecule is Cc1sccc1C(O)c1cc(Cl)cc(Cl)c1. The third kappa shape index (κ3) is 2.41. The Kier molecular flexibility index (Phi) is 3.55. The second-order valence-corrected chi connectivity index (χ2v) is 5.53. The summed E-state index contributed by atoms with van der Waals surface area (Å²) in [4.78, 5) is 1.10. The molecule has 0 bridgehead atoms. The topological polar surface area (TPSA) is 20.2 Å². The number of thiophene rings is 1. The zero-order valence-electron chi connectivity index (χ0n) is 8.58. The van der Waals surface area contributed by atoms with Gasteiger partial charge in [-0.2, -0.15) is 0 Å². The molecule has 2 rings (SSSR count). The summed E-state index contributed by atoms with van der Waals surface area (Å²) in [6, 6.07) is 7.03. The molecular weight excluding hydrogens is 263 g/mol. The van der Waals surface area contributed by atoms with E-state index >= 15 is 0 Å². The maximum atomic E-state index is 10.2. The lowest BCUT2D eigenvalue weighted by atomic mass is 10.0. The standard InChI is InChI=1S/C12H10Cl2OS/c1-7-11(2-3-16-7)12(15)8-4-9(13)6-10(14)5-8/h2-6,12,15H,1H3. The van der Waals surface area contributed by atoms with Gasteiger partial charge >= 0.3 is 0 Å². The van der Waals surface area contributed by atoms with Crippen LogP contribution in [0.3, 0.4) is 0 Å². The van der Waals surface area contributed by atoms with Gasteiger partial charge in [0.25, 0.3) is 0 Å². The van der Waals surface area contributed by atoms with E-state index in [1.807, 2.05) is 18.4 Å². The molecule has 0 amide bonds. The van der Waals surface area contributed by atoms with E-state index in [1.54, 1.807) is 29.5 Å². The maximum absolute atomic E-state index is 10.2. The molecule has 1 aromatic heterocycles. The minimum absolute atomic E-state index is 0.537. The molecule has 0 radical (unpaired) electrons. The van der Waals surface area contributed by atoms with E-state index in [1.165, 1.54) is 0 Å². The molecule has 4 heteroatoms. The number of aliphatic hydroxyl groups excluding tert-OH is 1. The Morgan fingerprint density at radius 3 is 2.31 bits per heavy atom. The molecule has 16 heavy (non-hydrogen) atoms. The Hall–Kier alpha value is -0.540. The summed E-state index contributed by atoms with van der Waals surface area (Å²) in [6.45, 7) is 1.98. The minimum Gasteiger partial charge on any atom is -0.384 e. The Bertz CT molecular complexity index is 487. The van der Waals surface area contributed by atoms with Crippen LogP contribution in [0.5, 0.6) is 0 Å². The molecule has 1 heterocycles. The van der Waals surface area contributed by atoms with Gasteiger partial charge in [-0.25, -0.2) is 0 Å². The molecule has 1 N–H and O–H groups in total. The highest BCUT2D eigenvalue weighted by molar-refractivity contribution is 7.10. The van der Waals surface area contributed by atoms with Crippen LogP contribution >= 0.6 is 34.5 Å². The molecule has 0 aliphatic rings. The van der Waals surface area contributed by atoms with E-state index < -0.39 is 6.10 Å². The highest BCUT2D eigenvalue weighted by atomic mass is 35.5. The molecule has 0 aliphatic heterocycles. The summed E-state index contributed by atoms with van der Waals surface area (Å²) >= 11 is 13.4. The van der Waals surface area contributed by atoms with Crippen LogP contribution in [0.1, 0.15) is 22.1 Å². The maximum Gasteiger partial charge on any atom is 0.105 e. The van der Waals surface area contributed by atoms with Crippen molar-refractivity contribution in [3.05, 3.63) is 55.7 Å². The second-order valence-electron chi connectivity index (χ2n) is 3.54. The normalized spacial score (nSPS) is 12.8. The van der Waals surface area contributed by atoms with Crippen LogP contribution in [0.2, 0.25) is 10.0 Å². The van der Waals surface area contributed by atoms with Crippen molar-refractivity contribution in [2.24, 2.45) is 0 Å². The van der Waals surface area contributed by atoms with Gasteiger partial charge in [-0.15, -0.1) is 11.3 Å². The number of hydrogen-bond donors (Lipinski definition) is 1. The van der Waals surface area contributed by atoms with Crippen molar-refractivity contribution in [1.29, 1.82) is 0 Å². The predicted octanol–water partition coefficient (Wildman–Crippen LogP) is 4.45. The summed E-state index contributed by atoms with van der Waals surface area (Å²) in [5.41, 5.74) is 1.63. The van der Waals surface area contributed by atoms with Gasteiger partial charge in [0.1, 0.15) is 6.10 Å².